The average molecular weight is 313 g/mol. The van der Waals surface area contributed by atoms with Gasteiger partial charge in [-0.3, -0.25) is 9.48 Å². The summed E-state index contributed by atoms with van der Waals surface area (Å²) in [7, 11) is 1.83. The lowest BCUT2D eigenvalue weighted by Crippen LogP contribution is -2.30. The standard InChI is InChI=1S/C17H23N5O/c1-13-15(12-20-21(13)2)17(23)19-11-14-6-7-16(18-10-14)22-8-4-3-5-9-22/h6-7,10,12H,3-5,8-9,11H2,1-2H3,(H,19,23). The second-order valence-corrected chi connectivity index (χ2v) is 6.02. The van der Waals surface area contributed by atoms with Crippen LogP contribution in [0.2, 0.25) is 0 Å². The quantitative estimate of drug-likeness (QED) is 0.938. The van der Waals surface area contributed by atoms with Crippen molar-refractivity contribution >= 4 is 11.7 Å². The van der Waals surface area contributed by atoms with E-state index in [-0.39, 0.29) is 5.91 Å². The SMILES string of the molecule is Cc1c(C(=O)NCc2ccc(N3CCCCC3)nc2)cnn1C. The van der Waals surface area contributed by atoms with Crippen LogP contribution in [0.3, 0.4) is 0 Å². The maximum Gasteiger partial charge on any atom is 0.255 e. The first-order chi connectivity index (χ1) is 11.1. The number of pyridine rings is 1. The second kappa shape index (κ2) is 6.81. The van der Waals surface area contributed by atoms with Gasteiger partial charge in [0.25, 0.3) is 5.91 Å². The zero-order chi connectivity index (χ0) is 16.2. The van der Waals surface area contributed by atoms with Gasteiger partial charge in [-0.05, 0) is 37.8 Å². The Hall–Kier alpha value is -2.37. The lowest BCUT2D eigenvalue weighted by molar-refractivity contribution is 0.0950. The van der Waals surface area contributed by atoms with Gasteiger partial charge in [0.15, 0.2) is 0 Å². The van der Waals surface area contributed by atoms with Gasteiger partial charge in [-0.2, -0.15) is 5.10 Å². The van der Waals surface area contributed by atoms with Gasteiger partial charge in [-0.25, -0.2) is 4.98 Å². The van der Waals surface area contributed by atoms with Crippen molar-refractivity contribution in [2.24, 2.45) is 7.05 Å². The smallest absolute Gasteiger partial charge is 0.255 e. The van der Waals surface area contributed by atoms with Crippen molar-refractivity contribution in [3.05, 3.63) is 41.3 Å². The molecule has 0 aliphatic carbocycles. The third-order valence-corrected chi connectivity index (χ3v) is 4.42. The first-order valence-corrected chi connectivity index (χ1v) is 8.12. The first-order valence-electron chi connectivity index (χ1n) is 8.12. The number of rotatable bonds is 4. The monoisotopic (exact) mass is 313 g/mol. The summed E-state index contributed by atoms with van der Waals surface area (Å²) in [5.74, 6) is 0.929. The maximum atomic E-state index is 12.2. The Kier molecular flexibility index (Phi) is 4.60. The number of carbonyl (C=O) groups is 1. The van der Waals surface area contributed by atoms with Crippen molar-refractivity contribution in [3.8, 4) is 0 Å². The van der Waals surface area contributed by atoms with Gasteiger partial charge < -0.3 is 10.2 Å². The molecule has 1 aliphatic rings. The van der Waals surface area contributed by atoms with Crippen LogP contribution in [0.4, 0.5) is 5.82 Å². The van der Waals surface area contributed by atoms with E-state index >= 15 is 0 Å². The molecule has 6 heteroatoms. The molecule has 2 aromatic heterocycles. The van der Waals surface area contributed by atoms with E-state index in [1.54, 1.807) is 10.9 Å². The van der Waals surface area contributed by atoms with Gasteiger partial charge in [0.1, 0.15) is 5.82 Å². The minimum Gasteiger partial charge on any atom is -0.357 e. The third-order valence-electron chi connectivity index (χ3n) is 4.42. The van der Waals surface area contributed by atoms with Crippen LogP contribution in [0.1, 0.15) is 40.9 Å². The molecule has 0 radical (unpaired) electrons. The molecule has 1 fully saturated rings. The third kappa shape index (κ3) is 3.52. The molecule has 0 spiro atoms. The predicted octanol–water partition coefficient (Wildman–Crippen LogP) is 2.04. The Balaban J connectivity index is 1.58. The molecule has 2 aromatic rings. The summed E-state index contributed by atoms with van der Waals surface area (Å²) in [5.41, 5.74) is 2.48. The largest absolute Gasteiger partial charge is 0.357 e. The van der Waals surface area contributed by atoms with E-state index in [0.717, 1.165) is 30.2 Å². The van der Waals surface area contributed by atoms with Crippen LogP contribution < -0.4 is 10.2 Å². The molecule has 1 saturated heterocycles. The highest BCUT2D eigenvalue weighted by Crippen LogP contribution is 2.17. The van der Waals surface area contributed by atoms with E-state index in [0.29, 0.717) is 12.1 Å². The lowest BCUT2D eigenvalue weighted by Gasteiger charge is -2.27. The van der Waals surface area contributed by atoms with Crippen molar-refractivity contribution in [2.45, 2.75) is 32.7 Å². The summed E-state index contributed by atoms with van der Waals surface area (Å²) in [6, 6.07) is 4.08. The van der Waals surface area contributed by atoms with E-state index in [9.17, 15) is 4.79 Å². The van der Waals surface area contributed by atoms with Crippen molar-refractivity contribution in [3.63, 3.8) is 0 Å². The number of hydrogen-bond donors (Lipinski definition) is 1. The molecule has 1 aliphatic heterocycles. The molecule has 122 valence electrons. The minimum atomic E-state index is -0.101. The Bertz CT molecular complexity index is 671. The molecule has 0 bridgehead atoms. The lowest BCUT2D eigenvalue weighted by atomic mass is 10.1. The number of aromatic nitrogens is 3. The molecule has 1 amide bonds. The van der Waals surface area contributed by atoms with Crippen molar-refractivity contribution in [1.29, 1.82) is 0 Å². The van der Waals surface area contributed by atoms with Gasteiger partial charge in [0.2, 0.25) is 0 Å². The zero-order valence-corrected chi connectivity index (χ0v) is 13.7. The highest BCUT2D eigenvalue weighted by Gasteiger charge is 2.13. The molecule has 0 saturated carbocycles. The van der Waals surface area contributed by atoms with E-state index in [1.165, 1.54) is 19.3 Å². The number of anilines is 1. The number of amides is 1. The second-order valence-electron chi connectivity index (χ2n) is 6.02. The molecule has 0 unspecified atom stereocenters. The average Bonchev–Trinajstić information content (AvgIpc) is 2.93. The van der Waals surface area contributed by atoms with Gasteiger partial charge in [-0.1, -0.05) is 6.07 Å². The molecule has 1 N–H and O–H groups in total. The highest BCUT2D eigenvalue weighted by atomic mass is 16.1. The number of nitrogens with one attached hydrogen (secondary N) is 1. The molecule has 6 nitrogen and oxygen atoms in total. The summed E-state index contributed by atoms with van der Waals surface area (Å²) in [5, 5.41) is 7.02. The Labute approximate surface area is 136 Å². The fourth-order valence-electron chi connectivity index (χ4n) is 2.83. The molecule has 0 atom stereocenters. The zero-order valence-electron chi connectivity index (χ0n) is 13.7. The maximum absolute atomic E-state index is 12.2. The Morgan fingerprint density at radius 1 is 1.22 bits per heavy atom. The number of aryl methyl sites for hydroxylation is 1. The molecular formula is C17H23N5O. The molecule has 23 heavy (non-hydrogen) atoms. The summed E-state index contributed by atoms with van der Waals surface area (Å²) in [4.78, 5) is 19.0. The van der Waals surface area contributed by atoms with Crippen LogP contribution in [0.15, 0.2) is 24.5 Å². The van der Waals surface area contributed by atoms with Crippen LogP contribution in [0, 0.1) is 6.92 Å². The normalized spacial score (nSPS) is 14.8. The first kappa shape index (κ1) is 15.5. The Morgan fingerprint density at radius 3 is 2.61 bits per heavy atom. The van der Waals surface area contributed by atoms with Gasteiger partial charge in [-0.15, -0.1) is 0 Å². The van der Waals surface area contributed by atoms with Gasteiger partial charge in [0, 0.05) is 38.6 Å². The fraction of sp³-hybridized carbons (Fsp3) is 0.471. The summed E-state index contributed by atoms with van der Waals surface area (Å²) in [6.45, 7) is 4.53. The van der Waals surface area contributed by atoms with Crippen LogP contribution >= 0.6 is 0 Å². The summed E-state index contributed by atoms with van der Waals surface area (Å²) >= 11 is 0. The van der Waals surface area contributed by atoms with Crippen molar-refractivity contribution in [2.75, 3.05) is 18.0 Å². The van der Waals surface area contributed by atoms with Crippen LogP contribution in [-0.4, -0.2) is 33.8 Å². The van der Waals surface area contributed by atoms with E-state index in [4.69, 9.17) is 0 Å². The number of nitrogens with zero attached hydrogens (tertiary/aromatic N) is 4. The molecule has 3 rings (SSSR count). The molecule has 0 aromatic carbocycles. The van der Waals surface area contributed by atoms with Crippen LogP contribution in [0.5, 0.6) is 0 Å². The van der Waals surface area contributed by atoms with Crippen LogP contribution in [0.25, 0.3) is 0 Å². The number of piperidine rings is 1. The van der Waals surface area contributed by atoms with Gasteiger partial charge >= 0.3 is 0 Å². The van der Waals surface area contributed by atoms with Crippen molar-refractivity contribution in [1.82, 2.24) is 20.1 Å². The van der Waals surface area contributed by atoms with Crippen LogP contribution in [-0.2, 0) is 13.6 Å². The predicted molar refractivity (Wildman–Crippen MR) is 89.4 cm³/mol. The highest BCUT2D eigenvalue weighted by molar-refractivity contribution is 5.94. The number of hydrogen-bond acceptors (Lipinski definition) is 4. The van der Waals surface area contributed by atoms with E-state index in [2.05, 4.69) is 20.3 Å². The van der Waals surface area contributed by atoms with Gasteiger partial charge in [0.05, 0.1) is 11.8 Å². The summed E-state index contributed by atoms with van der Waals surface area (Å²) in [6.07, 6.45) is 7.24. The minimum absolute atomic E-state index is 0.101. The molecular weight excluding hydrogens is 290 g/mol. The molecule has 3 heterocycles. The Morgan fingerprint density at radius 2 is 2.00 bits per heavy atom. The topological polar surface area (TPSA) is 63.1 Å². The fourth-order valence-corrected chi connectivity index (χ4v) is 2.83. The number of carbonyl (C=O) groups excluding carboxylic acids is 1. The summed E-state index contributed by atoms with van der Waals surface area (Å²) < 4.78 is 1.70. The van der Waals surface area contributed by atoms with E-state index < -0.39 is 0 Å². The van der Waals surface area contributed by atoms with Crippen molar-refractivity contribution < 1.29 is 4.79 Å². The van der Waals surface area contributed by atoms with E-state index in [1.807, 2.05) is 32.3 Å².